The quantitative estimate of drug-likeness (QED) is 0.691. The zero-order valence-corrected chi connectivity index (χ0v) is 8.32. The molecule has 0 atom stereocenters. The second-order valence-electron chi connectivity index (χ2n) is 2.67. The van der Waals surface area contributed by atoms with Gasteiger partial charge < -0.3 is 4.90 Å². The molecule has 5 heteroatoms. The molecule has 0 fully saturated rings. The van der Waals surface area contributed by atoms with Gasteiger partial charge in [-0.05, 0) is 6.07 Å². The molecule has 1 aromatic rings. The van der Waals surface area contributed by atoms with E-state index < -0.39 is 0 Å². The Morgan fingerprint density at radius 3 is 3.07 bits per heavy atom. The standard InChI is InChI=1S/C9H8ClN3O/c1-13(5-3-11)9(14)7-6-12-4-2-8(7)10/h2,4,6H,5H2,1H3. The van der Waals surface area contributed by atoms with E-state index in [-0.39, 0.29) is 12.5 Å². The molecule has 1 rings (SSSR count). The van der Waals surface area contributed by atoms with Gasteiger partial charge in [0.1, 0.15) is 6.54 Å². The maximum Gasteiger partial charge on any atom is 0.257 e. The molecule has 4 nitrogen and oxygen atoms in total. The zero-order chi connectivity index (χ0) is 10.6. The summed E-state index contributed by atoms with van der Waals surface area (Å²) in [7, 11) is 1.54. The van der Waals surface area contributed by atoms with E-state index in [0.717, 1.165) is 0 Å². The molecular formula is C9H8ClN3O. The summed E-state index contributed by atoms with van der Waals surface area (Å²) in [6.07, 6.45) is 2.89. The van der Waals surface area contributed by atoms with Crippen molar-refractivity contribution in [1.29, 1.82) is 5.26 Å². The lowest BCUT2D eigenvalue weighted by Crippen LogP contribution is -2.27. The van der Waals surface area contributed by atoms with Crippen molar-refractivity contribution in [3.8, 4) is 6.07 Å². The summed E-state index contributed by atoms with van der Waals surface area (Å²) >= 11 is 5.79. The van der Waals surface area contributed by atoms with E-state index in [1.54, 1.807) is 0 Å². The van der Waals surface area contributed by atoms with Crippen molar-refractivity contribution in [2.45, 2.75) is 0 Å². The minimum atomic E-state index is -0.301. The molecule has 0 saturated carbocycles. The summed E-state index contributed by atoms with van der Waals surface area (Å²) in [6, 6.07) is 3.42. The first-order valence-corrected chi connectivity index (χ1v) is 4.26. The van der Waals surface area contributed by atoms with Gasteiger partial charge in [-0.3, -0.25) is 9.78 Å². The van der Waals surface area contributed by atoms with Crippen molar-refractivity contribution in [3.05, 3.63) is 29.0 Å². The molecule has 72 valence electrons. The summed E-state index contributed by atoms with van der Waals surface area (Å²) in [5, 5.41) is 8.75. The first-order valence-electron chi connectivity index (χ1n) is 3.88. The lowest BCUT2D eigenvalue weighted by Gasteiger charge is -2.13. The van der Waals surface area contributed by atoms with Crippen LogP contribution < -0.4 is 0 Å². The van der Waals surface area contributed by atoms with Crippen LogP contribution >= 0.6 is 11.6 Å². The zero-order valence-electron chi connectivity index (χ0n) is 7.57. The summed E-state index contributed by atoms with van der Waals surface area (Å²) < 4.78 is 0. The van der Waals surface area contributed by atoms with Gasteiger partial charge in [0.2, 0.25) is 0 Å². The minimum Gasteiger partial charge on any atom is -0.328 e. The van der Waals surface area contributed by atoms with Crippen molar-refractivity contribution in [1.82, 2.24) is 9.88 Å². The third-order valence-electron chi connectivity index (χ3n) is 1.65. The van der Waals surface area contributed by atoms with Crippen molar-refractivity contribution >= 4 is 17.5 Å². The SMILES string of the molecule is CN(CC#N)C(=O)c1cnccc1Cl. The fraction of sp³-hybridized carbons (Fsp3) is 0.222. The Morgan fingerprint density at radius 1 is 1.79 bits per heavy atom. The largest absolute Gasteiger partial charge is 0.328 e. The number of carbonyl (C=O) groups excluding carboxylic acids is 1. The third kappa shape index (κ3) is 2.21. The summed E-state index contributed by atoms with van der Waals surface area (Å²) in [6.45, 7) is 0.0318. The Kier molecular flexibility index (Phi) is 3.43. The van der Waals surface area contributed by atoms with E-state index in [0.29, 0.717) is 10.6 Å². The highest BCUT2D eigenvalue weighted by Gasteiger charge is 2.14. The van der Waals surface area contributed by atoms with Gasteiger partial charge in [0.25, 0.3) is 5.91 Å². The van der Waals surface area contributed by atoms with Gasteiger partial charge in [0, 0.05) is 19.4 Å². The first kappa shape index (κ1) is 10.5. The maximum atomic E-state index is 11.6. The van der Waals surface area contributed by atoms with Crippen LogP contribution in [0.25, 0.3) is 0 Å². The molecule has 0 spiro atoms. The maximum absolute atomic E-state index is 11.6. The molecule has 14 heavy (non-hydrogen) atoms. The highest BCUT2D eigenvalue weighted by molar-refractivity contribution is 6.33. The van der Waals surface area contributed by atoms with Gasteiger partial charge in [-0.15, -0.1) is 0 Å². The Balaban J connectivity index is 2.91. The Labute approximate surface area is 86.7 Å². The number of nitrogens with zero attached hydrogens (tertiary/aromatic N) is 3. The van der Waals surface area contributed by atoms with Gasteiger partial charge in [0.05, 0.1) is 16.7 Å². The number of halogens is 1. The molecule has 0 bridgehead atoms. The van der Waals surface area contributed by atoms with Crippen LogP contribution in [0.5, 0.6) is 0 Å². The predicted molar refractivity (Wildman–Crippen MR) is 51.8 cm³/mol. The van der Waals surface area contributed by atoms with Crippen LogP contribution in [0.15, 0.2) is 18.5 Å². The van der Waals surface area contributed by atoms with E-state index in [4.69, 9.17) is 16.9 Å². The van der Waals surface area contributed by atoms with Crippen LogP contribution in [0.2, 0.25) is 5.02 Å². The van der Waals surface area contributed by atoms with Crippen molar-refractivity contribution in [2.75, 3.05) is 13.6 Å². The Hall–Kier alpha value is -1.60. The molecule has 1 aromatic heterocycles. The fourth-order valence-electron chi connectivity index (χ4n) is 0.918. The van der Waals surface area contributed by atoms with Crippen LogP contribution in [0.1, 0.15) is 10.4 Å². The first-order chi connectivity index (χ1) is 6.66. The van der Waals surface area contributed by atoms with Crippen LogP contribution in [-0.2, 0) is 0 Å². The fourth-order valence-corrected chi connectivity index (χ4v) is 1.10. The van der Waals surface area contributed by atoms with E-state index in [1.807, 2.05) is 6.07 Å². The van der Waals surface area contributed by atoms with Crippen molar-refractivity contribution in [2.24, 2.45) is 0 Å². The highest BCUT2D eigenvalue weighted by Crippen LogP contribution is 2.14. The highest BCUT2D eigenvalue weighted by atomic mass is 35.5. The minimum absolute atomic E-state index is 0.0318. The molecular weight excluding hydrogens is 202 g/mol. The van der Waals surface area contributed by atoms with Gasteiger partial charge in [0.15, 0.2) is 0 Å². The van der Waals surface area contributed by atoms with Gasteiger partial charge in [-0.25, -0.2) is 0 Å². The lowest BCUT2D eigenvalue weighted by atomic mass is 10.2. The molecule has 0 aliphatic carbocycles. The summed E-state index contributed by atoms with van der Waals surface area (Å²) in [5.41, 5.74) is 0.312. The normalized spacial score (nSPS) is 9.21. The van der Waals surface area contributed by atoms with Crippen LogP contribution in [-0.4, -0.2) is 29.4 Å². The summed E-state index contributed by atoms with van der Waals surface area (Å²) in [5.74, 6) is -0.301. The smallest absolute Gasteiger partial charge is 0.257 e. The average molecular weight is 210 g/mol. The number of amides is 1. The van der Waals surface area contributed by atoms with Gasteiger partial charge in [-0.1, -0.05) is 11.6 Å². The molecule has 0 saturated heterocycles. The molecule has 0 aliphatic rings. The number of aromatic nitrogens is 1. The number of carbonyl (C=O) groups is 1. The van der Waals surface area contributed by atoms with Crippen LogP contribution in [0.3, 0.4) is 0 Å². The number of pyridine rings is 1. The number of hydrogen-bond acceptors (Lipinski definition) is 3. The molecule has 0 aromatic carbocycles. The van der Waals surface area contributed by atoms with Crippen molar-refractivity contribution < 1.29 is 4.79 Å². The van der Waals surface area contributed by atoms with Crippen molar-refractivity contribution in [3.63, 3.8) is 0 Å². The molecule has 0 unspecified atom stereocenters. The third-order valence-corrected chi connectivity index (χ3v) is 1.98. The summed E-state index contributed by atoms with van der Waals surface area (Å²) in [4.78, 5) is 16.7. The average Bonchev–Trinajstić information content (AvgIpc) is 2.18. The Morgan fingerprint density at radius 2 is 2.50 bits per heavy atom. The Bertz CT molecular complexity index is 386. The van der Waals surface area contributed by atoms with Crippen LogP contribution in [0.4, 0.5) is 0 Å². The molecule has 1 heterocycles. The molecule has 1 amide bonds. The van der Waals surface area contributed by atoms with Gasteiger partial charge >= 0.3 is 0 Å². The lowest BCUT2D eigenvalue weighted by molar-refractivity contribution is 0.0811. The van der Waals surface area contributed by atoms with E-state index in [1.165, 1.54) is 30.4 Å². The number of rotatable bonds is 2. The topological polar surface area (TPSA) is 57.0 Å². The monoisotopic (exact) mass is 209 g/mol. The molecule has 0 aliphatic heterocycles. The molecule has 0 N–H and O–H groups in total. The van der Waals surface area contributed by atoms with E-state index >= 15 is 0 Å². The second kappa shape index (κ2) is 4.58. The number of nitriles is 1. The van der Waals surface area contributed by atoms with Crippen LogP contribution in [0, 0.1) is 11.3 Å². The number of hydrogen-bond donors (Lipinski definition) is 0. The van der Waals surface area contributed by atoms with E-state index in [9.17, 15) is 4.79 Å². The second-order valence-corrected chi connectivity index (χ2v) is 3.08. The molecule has 0 radical (unpaired) electrons. The van der Waals surface area contributed by atoms with Gasteiger partial charge in [-0.2, -0.15) is 5.26 Å². The van der Waals surface area contributed by atoms with E-state index in [2.05, 4.69) is 4.98 Å². The predicted octanol–water partition coefficient (Wildman–Crippen LogP) is 1.33.